The number of rotatable bonds is 8. The van der Waals surface area contributed by atoms with Crippen molar-refractivity contribution in [2.75, 3.05) is 13.1 Å². The lowest BCUT2D eigenvalue weighted by Crippen LogP contribution is -2.34. The van der Waals surface area contributed by atoms with Gasteiger partial charge in [-0.1, -0.05) is 48.5 Å². The fourth-order valence-electron chi connectivity index (χ4n) is 2.53. The zero-order valence-electron chi connectivity index (χ0n) is 14.9. The van der Waals surface area contributed by atoms with Gasteiger partial charge >= 0.3 is 0 Å². The largest absolute Gasteiger partial charge is 0.354 e. The summed E-state index contributed by atoms with van der Waals surface area (Å²) in [5.74, 6) is -0.181. The second-order valence-electron chi connectivity index (χ2n) is 5.98. The van der Waals surface area contributed by atoms with E-state index in [-0.39, 0.29) is 11.8 Å². The molecule has 0 fully saturated rings. The molecule has 0 aliphatic rings. The van der Waals surface area contributed by atoms with Crippen molar-refractivity contribution in [3.05, 3.63) is 77.3 Å². The van der Waals surface area contributed by atoms with Crippen LogP contribution in [-0.2, 0) is 11.2 Å². The number of amides is 2. The van der Waals surface area contributed by atoms with Crippen molar-refractivity contribution in [3.8, 4) is 10.6 Å². The Bertz CT molecular complexity index is 879. The predicted octanol–water partition coefficient (Wildman–Crippen LogP) is 3.29. The normalized spacial score (nSPS) is 10.4. The van der Waals surface area contributed by atoms with Gasteiger partial charge < -0.3 is 10.6 Å². The van der Waals surface area contributed by atoms with Crippen LogP contribution in [0, 0.1) is 0 Å². The van der Waals surface area contributed by atoms with Crippen LogP contribution < -0.4 is 10.6 Å². The van der Waals surface area contributed by atoms with Gasteiger partial charge in [0.05, 0.1) is 5.69 Å². The van der Waals surface area contributed by atoms with Gasteiger partial charge in [0.15, 0.2) is 0 Å². The average molecular weight is 379 g/mol. The van der Waals surface area contributed by atoms with Gasteiger partial charge in [0.2, 0.25) is 5.91 Å². The Kier molecular flexibility index (Phi) is 6.71. The topological polar surface area (TPSA) is 71.1 Å². The predicted molar refractivity (Wildman–Crippen MR) is 108 cm³/mol. The van der Waals surface area contributed by atoms with Gasteiger partial charge in [-0.25, -0.2) is 4.98 Å². The summed E-state index contributed by atoms with van der Waals surface area (Å²) in [6, 6.07) is 19.0. The van der Waals surface area contributed by atoms with Crippen LogP contribution in [0.15, 0.2) is 66.0 Å². The van der Waals surface area contributed by atoms with Crippen molar-refractivity contribution in [1.29, 1.82) is 0 Å². The van der Waals surface area contributed by atoms with Crippen LogP contribution >= 0.6 is 11.3 Å². The highest BCUT2D eigenvalue weighted by Gasteiger charge is 2.08. The second-order valence-corrected chi connectivity index (χ2v) is 6.84. The van der Waals surface area contributed by atoms with Gasteiger partial charge in [-0.3, -0.25) is 9.59 Å². The first-order valence-corrected chi connectivity index (χ1v) is 9.70. The van der Waals surface area contributed by atoms with Crippen molar-refractivity contribution in [2.45, 2.75) is 12.8 Å². The minimum Gasteiger partial charge on any atom is -0.354 e. The van der Waals surface area contributed by atoms with E-state index in [9.17, 15) is 9.59 Å². The Balaban J connectivity index is 1.35. The Morgan fingerprint density at radius 2 is 1.56 bits per heavy atom. The van der Waals surface area contributed by atoms with Crippen LogP contribution in [0.5, 0.6) is 0 Å². The summed E-state index contributed by atoms with van der Waals surface area (Å²) in [5, 5.41) is 8.57. The van der Waals surface area contributed by atoms with Crippen molar-refractivity contribution >= 4 is 23.2 Å². The molecule has 0 radical (unpaired) electrons. The summed E-state index contributed by atoms with van der Waals surface area (Å²) < 4.78 is 0. The number of carbonyl (C=O) groups excluding carboxylic acids is 2. The maximum absolute atomic E-state index is 12.0. The standard InChI is InChI=1S/C21H21N3O2S/c25-19(22-13-14-23-20(26)16-7-3-1-4-8-16)12-11-18-15-27-21(24-18)17-9-5-2-6-10-17/h1-10,15H,11-14H2,(H,22,25)(H,23,26). The fraction of sp³-hybridized carbons (Fsp3) is 0.190. The lowest BCUT2D eigenvalue weighted by molar-refractivity contribution is -0.121. The monoisotopic (exact) mass is 379 g/mol. The quantitative estimate of drug-likeness (QED) is 0.590. The molecular formula is C21H21N3O2S. The first kappa shape index (κ1) is 18.8. The lowest BCUT2D eigenvalue weighted by atomic mass is 10.2. The maximum Gasteiger partial charge on any atom is 0.251 e. The number of aryl methyl sites for hydroxylation is 1. The smallest absolute Gasteiger partial charge is 0.251 e. The molecule has 0 spiro atoms. The molecule has 138 valence electrons. The first-order valence-electron chi connectivity index (χ1n) is 8.82. The third-order valence-corrected chi connectivity index (χ3v) is 4.89. The van der Waals surface area contributed by atoms with E-state index in [1.165, 1.54) is 0 Å². The highest BCUT2D eigenvalue weighted by atomic mass is 32.1. The molecule has 2 amide bonds. The van der Waals surface area contributed by atoms with E-state index in [0.717, 1.165) is 16.3 Å². The van der Waals surface area contributed by atoms with Crippen LogP contribution in [0.1, 0.15) is 22.5 Å². The molecule has 0 aliphatic heterocycles. The molecule has 5 nitrogen and oxygen atoms in total. The number of hydrogen-bond donors (Lipinski definition) is 2. The number of hydrogen-bond acceptors (Lipinski definition) is 4. The fourth-order valence-corrected chi connectivity index (χ4v) is 3.39. The second kappa shape index (κ2) is 9.64. The lowest BCUT2D eigenvalue weighted by Gasteiger charge is -2.07. The SMILES string of the molecule is O=C(CCc1csc(-c2ccccc2)n1)NCCNC(=O)c1ccccc1. The molecule has 3 aromatic rings. The molecule has 6 heteroatoms. The summed E-state index contributed by atoms with van der Waals surface area (Å²) in [7, 11) is 0. The summed E-state index contributed by atoms with van der Waals surface area (Å²) in [4.78, 5) is 28.4. The van der Waals surface area contributed by atoms with Crippen LogP contribution in [0.25, 0.3) is 10.6 Å². The summed E-state index contributed by atoms with van der Waals surface area (Å²) in [6.07, 6.45) is 0.982. The average Bonchev–Trinajstić information content (AvgIpc) is 3.20. The van der Waals surface area contributed by atoms with Crippen LogP contribution in [0.2, 0.25) is 0 Å². The summed E-state index contributed by atoms with van der Waals surface area (Å²) >= 11 is 1.59. The van der Waals surface area contributed by atoms with Crippen LogP contribution in [-0.4, -0.2) is 29.9 Å². The number of thiazole rings is 1. The number of nitrogens with one attached hydrogen (secondary N) is 2. The molecule has 3 rings (SSSR count). The Labute approximate surface area is 162 Å². The molecule has 0 bridgehead atoms. The molecule has 27 heavy (non-hydrogen) atoms. The number of carbonyl (C=O) groups is 2. The Hall–Kier alpha value is -2.99. The van der Waals surface area contributed by atoms with E-state index in [0.29, 0.717) is 31.5 Å². The Morgan fingerprint density at radius 3 is 2.30 bits per heavy atom. The van der Waals surface area contributed by atoms with E-state index < -0.39 is 0 Å². The molecule has 2 N–H and O–H groups in total. The number of nitrogens with zero attached hydrogens (tertiary/aromatic N) is 1. The van der Waals surface area contributed by atoms with Gasteiger partial charge in [0.25, 0.3) is 5.91 Å². The highest BCUT2D eigenvalue weighted by molar-refractivity contribution is 7.13. The third-order valence-electron chi connectivity index (χ3n) is 3.95. The van der Waals surface area contributed by atoms with Gasteiger partial charge in [0, 0.05) is 36.0 Å². The van der Waals surface area contributed by atoms with E-state index >= 15 is 0 Å². The molecule has 1 aromatic heterocycles. The molecule has 0 aliphatic carbocycles. The van der Waals surface area contributed by atoms with Crippen LogP contribution in [0.3, 0.4) is 0 Å². The van der Waals surface area contributed by atoms with Crippen molar-refractivity contribution in [3.63, 3.8) is 0 Å². The minimum atomic E-state index is -0.138. The number of benzene rings is 2. The van der Waals surface area contributed by atoms with E-state index in [1.54, 1.807) is 23.5 Å². The highest BCUT2D eigenvalue weighted by Crippen LogP contribution is 2.23. The van der Waals surface area contributed by atoms with E-state index in [1.807, 2.05) is 53.9 Å². The van der Waals surface area contributed by atoms with Gasteiger partial charge in [-0.15, -0.1) is 11.3 Å². The summed E-state index contributed by atoms with van der Waals surface area (Å²) in [5.41, 5.74) is 2.63. The molecule has 1 heterocycles. The van der Waals surface area contributed by atoms with E-state index in [2.05, 4.69) is 15.6 Å². The van der Waals surface area contributed by atoms with Crippen molar-refractivity contribution < 1.29 is 9.59 Å². The number of aromatic nitrogens is 1. The van der Waals surface area contributed by atoms with Crippen LogP contribution in [0.4, 0.5) is 0 Å². The van der Waals surface area contributed by atoms with Crippen molar-refractivity contribution in [1.82, 2.24) is 15.6 Å². The maximum atomic E-state index is 12.0. The zero-order valence-corrected chi connectivity index (χ0v) is 15.7. The summed E-state index contributed by atoms with van der Waals surface area (Å²) in [6.45, 7) is 0.804. The molecule has 2 aromatic carbocycles. The molecular weight excluding hydrogens is 358 g/mol. The molecule has 0 unspecified atom stereocenters. The van der Waals surface area contributed by atoms with Gasteiger partial charge in [0.1, 0.15) is 5.01 Å². The first-order chi connectivity index (χ1) is 13.2. The molecule has 0 saturated heterocycles. The van der Waals surface area contributed by atoms with E-state index in [4.69, 9.17) is 0 Å². The zero-order chi connectivity index (χ0) is 18.9. The Morgan fingerprint density at radius 1 is 0.889 bits per heavy atom. The van der Waals surface area contributed by atoms with Crippen molar-refractivity contribution in [2.24, 2.45) is 0 Å². The minimum absolute atomic E-state index is 0.0433. The van der Waals surface area contributed by atoms with Gasteiger partial charge in [-0.2, -0.15) is 0 Å². The van der Waals surface area contributed by atoms with Gasteiger partial charge in [-0.05, 0) is 18.6 Å². The molecule has 0 atom stereocenters. The third kappa shape index (κ3) is 5.76. The molecule has 0 saturated carbocycles.